The van der Waals surface area contributed by atoms with E-state index < -0.39 is 6.04 Å². The predicted molar refractivity (Wildman–Crippen MR) is 48.7 cm³/mol. The van der Waals surface area contributed by atoms with Crippen LogP contribution in [0.4, 0.5) is 0 Å². The van der Waals surface area contributed by atoms with Gasteiger partial charge in [-0.2, -0.15) is 0 Å². The van der Waals surface area contributed by atoms with E-state index in [1.807, 2.05) is 20.8 Å². The number of hydrogen-bond acceptors (Lipinski definition) is 3. The van der Waals surface area contributed by atoms with Gasteiger partial charge in [0.05, 0.1) is 6.10 Å². The first-order chi connectivity index (χ1) is 5.61. The number of ether oxygens (including phenoxy) is 1. The minimum Gasteiger partial charge on any atom is -0.462 e. The molecule has 0 radical (unpaired) electrons. The monoisotopic (exact) mass is 173 g/mol. The van der Waals surface area contributed by atoms with Crippen LogP contribution in [0.2, 0.25) is 0 Å². The number of carbonyl (C=O) groups is 1. The Morgan fingerprint density at radius 3 is 2.50 bits per heavy atom. The average Bonchev–Trinajstić information content (AvgIpc) is 2.04. The number of carbonyl (C=O) groups excluding carboxylic acids is 1. The largest absolute Gasteiger partial charge is 0.462 e. The molecule has 12 heavy (non-hydrogen) atoms. The Morgan fingerprint density at radius 2 is 2.08 bits per heavy atom. The zero-order valence-electron chi connectivity index (χ0n) is 8.17. The second-order valence-electron chi connectivity index (χ2n) is 3.05. The minimum absolute atomic E-state index is 0.0135. The Morgan fingerprint density at radius 1 is 1.50 bits per heavy atom. The molecular formula is C9H19NO2. The second kappa shape index (κ2) is 6.00. The zero-order valence-corrected chi connectivity index (χ0v) is 8.17. The molecule has 0 aliphatic rings. The SMILES string of the molecule is CCC[C@H](N)C(=O)O[C@@H](C)CC. The van der Waals surface area contributed by atoms with E-state index in [2.05, 4.69) is 0 Å². The van der Waals surface area contributed by atoms with E-state index in [0.717, 1.165) is 12.8 Å². The van der Waals surface area contributed by atoms with Crippen LogP contribution < -0.4 is 5.73 Å². The van der Waals surface area contributed by atoms with Gasteiger partial charge < -0.3 is 10.5 Å². The van der Waals surface area contributed by atoms with E-state index in [4.69, 9.17) is 10.5 Å². The summed E-state index contributed by atoms with van der Waals surface area (Å²) >= 11 is 0. The van der Waals surface area contributed by atoms with Crippen molar-refractivity contribution in [3.8, 4) is 0 Å². The van der Waals surface area contributed by atoms with Crippen LogP contribution >= 0.6 is 0 Å². The molecule has 0 fully saturated rings. The molecule has 0 saturated carbocycles. The summed E-state index contributed by atoms with van der Waals surface area (Å²) in [5, 5.41) is 0. The van der Waals surface area contributed by atoms with Gasteiger partial charge >= 0.3 is 5.97 Å². The average molecular weight is 173 g/mol. The fraction of sp³-hybridized carbons (Fsp3) is 0.889. The van der Waals surface area contributed by atoms with Crippen LogP contribution in [0, 0.1) is 0 Å². The van der Waals surface area contributed by atoms with E-state index in [1.165, 1.54) is 0 Å². The van der Waals surface area contributed by atoms with E-state index in [-0.39, 0.29) is 12.1 Å². The van der Waals surface area contributed by atoms with Crippen molar-refractivity contribution in [2.24, 2.45) is 5.73 Å². The second-order valence-corrected chi connectivity index (χ2v) is 3.05. The summed E-state index contributed by atoms with van der Waals surface area (Å²) in [4.78, 5) is 11.2. The van der Waals surface area contributed by atoms with Gasteiger partial charge in [-0.1, -0.05) is 20.3 Å². The van der Waals surface area contributed by atoms with E-state index in [1.54, 1.807) is 0 Å². The van der Waals surface area contributed by atoms with Crippen LogP contribution in [0.3, 0.4) is 0 Å². The van der Waals surface area contributed by atoms with Crippen LogP contribution in [0.25, 0.3) is 0 Å². The molecule has 0 aromatic carbocycles. The topological polar surface area (TPSA) is 52.3 Å². The summed E-state index contributed by atoms with van der Waals surface area (Å²) in [6.07, 6.45) is 2.44. The molecule has 0 saturated heterocycles. The lowest BCUT2D eigenvalue weighted by Crippen LogP contribution is -2.34. The highest BCUT2D eigenvalue weighted by Crippen LogP contribution is 2.01. The summed E-state index contributed by atoms with van der Waals surface area (Å²) in [5.74, 6) is -0.272. The molecule has 2 N–H and O–H groups in total. The maximum Gasteiger partial charge on any atom is 0.323 e. The number of hydrogen-bond donors (Lipinski definition) is 1. The molecule has 2 atom stereocenters. The molecule has 0 aromatic rings. The van der Waals surface area contributed by atoms with Crippen LogP contribution in [0.1, 0.15) is 40.0 Å². The molecule has 0 heterocycles. The third kappa shape index (κ3) is 4.34. The lowest BCUT2D eigenvalue weighted by Gasteiger charge is -2.14. The van der Waals surface area contributed by atoms with Gasteiger partial charge in [0.25, 0.3) is 0 Å². The van der Waals surface area contributed by atoms with Crippen LogP contribution in [-0.4, -0.2) is 18.1 Å². The van der Waals surface area contributed by atoms with Crippen LogP contribution in [-0.2, 0) is 9.53 Å². The highest BCUT2D eigenvalue weighted by atomic mass is 16.5. The van der Waals surface area contributed by atoms with Crippen molar-refractivity contribution in [3.63, 3.8) is 0 Å². The van der Waals surface area contributed by atoms with Crippen molar-refractivity contribution in [3.05, 3.63) is 0 Å². The van der Waals surface area contributed by atoms with Gasteiger partial charge in [0, 0.05) is 0 Å². The molecule has 0 amide bonds. The summed E-state index contributed by atoms with van der Waals surface area (Å²) in [5.41, 5.74) is 5.56. The number of nitrogens with two attached hydrogens (primary N) is 1. The Bertz CT molecular complexity index is 136. The Balaban J connectivity index is 3.70. The Labute approximate surface area is 74.3 Å². The van der Waals surface area contributed by atoms with E-state index >= 15 is 0 Å². The van der Waals surface area contributed by atoms with Gasteiger partial charge in [-0.15, -0.1) is 0 Å². The molecule has 0 aliphatic carbocycles. The molecule has 0 unspecified atom stereocenters. The number of esters is 1. The smallest absolute Gasteiger partial charge is 0.323 e. The first-order valence-electron chi connectivity index (χ1n) is 4.57. The minimum atomic E-state index is -0.441. The first kappa shape index (κ1) is 11.4. The van der Waals surface area contributed by atoms with Crippen LogP contribution in [0.5, 0.6) is 0 Å². The fourth-order valence-corrected chi connectivity index (χ4v) is 0.798. The zero-order chi connectivity index (χ0) is 9.56. The van der Waals surface area contributed by atoms with Crippen molar-refractivity contribution in [1.29, 1.82) is 0 Å². The van der Waals surface area contributed by atoms with Gasteiger partial charge in [0.1, 0.15) is 6.04 Å². The van der Waals surface area contributed by atoms with Gasteiger partial charge in [0.2, 0.25) is 0 Å². The molecular weight excluding hydrogens is 154 g/mol. The molecule has 0 aliphatic heterocycles. The molecule has 3 nitrogen and oxygen atoms in total. The van der Waals surface area contributed by atoms with Crippen molar-refractivity contribution < 1.29 is 9.53 Å². The van der Waals surface area contributed by atoms with Gasteiger partial charge in [0.15, 0.2) is 0 Å². The summed E-state index contributed by atoms with van der Waals surface area (Å²) in [6.45, 7) is 5.84. The molecule has 3 heteroatoms. The summed E-state index contributed by atoms with van der Waals surface area (Å²) in [6, 6.07) is -0.441. The molecule has 0 bridgehead atoms. The third-order valence-corrected chi connectivity index (χ3v) is 1.79. The Hall–Kier alpha value is -0.570. The molecule has 0 rings (SSSR count). The van der Waals surface area contributed by atoms with Gasteiger partial charge in [-0.3, -0.25) is 4.79 Å². The number of rotatable bonds is 5. The predicted octanol–water partition coefficient (Wildman–Crippen LogP) is 1.46. The van der Waals surface area contributed by atoms with E-state index in [9.17, 15) is 4.79 Å². The summed E-state index contributed by atoms with van der Waals surface area (Å²) in [7, 11) is 0. The van der Waals surface area contributed by atoms with Crippen LogP contribution in [0.15, 0.2) is 0 Å². The van der Waals surface area contributed by atoms with Gasteiger partial charge in [-0.05, 0) is 19.8 Å². The van der Waals surface area contributed by atoms with Crippen molar-refractivity contribution in [1.82, 2.24) is 0 Å². The normalized spacial score (nSPS) is 15.3. The van der Waals surface area contributed by atoms with Crippen molar-refractivity contribution in [2.75, 3.05) is 0 Å². The first-order valence-corrected chi connectivity index (χ1v) is 4.57. The quantitative estimate of drug-likeness (QED) is 0.640. The molecule has 0 spiro atoms. The fourth-order valence-electron chi connectivity index (χ4n) is 0.798. The Kier molecular flexibility index (Phi) is 5.72. The third-order valence-electron chi connectivity index (χ3n) is 1.79. The maximum atomic E-state index is 11.2. The highest BCUT2D eigenvalue weighted by molar-refractivity contribution is 5.75. The standard InChI is InChI=1S/C9H19NO2/c1-4-6-8(10)9(11)12-7(3)5-2/h7-8H,4-6,10H2,1-3H3/t7-,8-/m0/s1. The van der Waals surface area contributed by atoms with Gasteiger partial charge in [-0.25, -0.2) is 0 Å². The van der Waals surface area contributed by atoms with Crippen molar-refractivity contribution in [2.45, 2.75) is 52.2 Å². The molecule has 72 valence electrons. The lowest BCUT2D eigenvalue weighted by atomic mass is 10.2. The van der Waals surface area contributed by atoms with Crippen molar-refractivity contribution >= 4 is 5.97 Å². The highest BCUT2D eigenvalue weighted by Gasteiger charge is 2.15. The van der Waals surface area contributed by atoms with E-state index in [0.29, 0.717) is 6.42 Å². The summed E-state index contributed by atoms with van der Waals surface area (Å²) < 4.78 is 5.05. The lowest BCUT2D eigenvalue weighted by molar-refractivity contribution is -0.150. The maximum absolute atomic E-state index is 11.2. The molecule has 0 aromatic heterocycles.